The van der Waals surface area contributed by atoms with Crippen molar-refractivity contribution in [2.45, 2.75) is 6.92 Å². The van der Waals surface area contributed by atoms with Crippen LogP contribution in [0.3, 0.4) is 0 Å². The molecular formula is C17H11BrN2O2. The number of fused-ring (bicyclic) bond motifs is 2. The summed E-state index contributed by atoms with van der Waals surface area (Å²) in [5, 5.41) is 5.21. The van der Waals surface area contributed by atoms with Crippen LogP contribution >= 0.6 is 15.9 Å². The lowest BCUT2D eigenvalue weighted by Crippen LogP contribution is -2.14. The number of benzene rings is 2. The molecule has 0 bridgehead atoms. The van der Waals surface area contributed by atoms with Gasteiger partial charge in [0.05, 0.1) is 5.69 Å². The topological polar surface area (TPSA) is 48.0 Å². The van der Waals surface area contributed by atoms with Crippen LogP contribution in [0.4, 0.5) is 0 Å². The Morgan fingerprint density at radius 1 is 1.09 bits per heavy atom. The lowest BCUT2D eigenvalue weighted by Gasteiger charge is -2.00. The van der Waals surface area contributed by atoms with Crippen LogP contribution in [-0.4, -0.2) is 9.78 Å². The van der Waals surface area contributed by atoms with E-state index in [1.165, 1.54) is 4.68 Å². The molecule has 0 N–H and O–H groups in total. The minimum atomic E-state index is -0.176. The molecule has 108 valence electrons. The fourth-order valence-electron chi connectivity index (χ4n) is 2.49. The van der Waals surface area contributed by atoms with Crippen LogP contribution in [0.15, 0.2) is 62.2 Å². The van der Waals surface area contributed by atoms with E-state index in [0.717, 1.165) is 21.0 Å². The molecule has 5 heteroatoms. The van der Waals surface area contributed by atoms with E-state index in [0.29, 0.717) is 17.1 Å². The first-order valence-electron chi connectivity index (χ1n) is 6.81. The molecule has 0 unspecified atom stereocenters. The maximum absolute atomic E-state index is 12.6. The Balaban J connectivity index is 2.00. The first kappa shape index (κ1) is 13.3. The van der Waals surface area contributed by atoms with Gasteiger partial charge in [-0.15, -0.1) is 5.10 Å². The third kappa shape index (κ3) is 2.05. The van der Waals surface area contributed by atoms with Gasteiger partial charge in [-0.25, -0.2) is 0 Å². The van der Waals surface area contributed by atoms with E-state index in [-0.39, 0.29) is 5.56 Å². The number of hydrogen-bond donors (Lipinski definition) is 0. The van der Waals surface area contributed by atoms with Crippen molar-refractivity contribution in [3.63, 3.8) is 0 Å². The molecule has 2 heterocycles. The summed E-state index contributed by atoms with van der Waals surface area (Å²) in [5.41, 5.74) is 2.86. The van der Waals surface area contributed by atoms with Gasteiger partial charge in [0, 0.05) is 9.86 Å². The molecule has 0 radical (unpaired) electrons. The Morgan fingerprint density at radius 3 is 2.64 bits per heavy atom. The van der Waals surface area contributed by atoms with Gasteiger partial charge in [0.2, 0.25) is 5.89 Å². The summed E-state index contributed by atoms with van der Waals surface area (Å²) < 4.78 is 8.08. The number of nitrogens with zero attached hydrogens (tertiary/aromatic N) is 2. The van der Waals surface area contributed by atoms with Crippen molar-refractivity contribution in [3.8, 4) is 17.1 Å². The van der Waals surface area contributed by atoms with Crippen LogP contribution in [0.5, 0.6) is 0 Å². The minimum absolute atomic E-state index is 0.176. The summed E-state index contributed by atoms with van der Waals surface area (Å²) in [6.07, 6.45) is 0. The molecule has 0 saturated carbocycles. The second-order valence-corrected chi connectivity index (χ2v) is 6.12. The SMILES string of the molecule is Cc1ccc2oc3nn(-c4ccc(Br)cc4)c(=O)c-3cc2c1. The Hall–Kier alpha value is -2.40. The van der Waals surface area contributed by atoms with Crippen molar-refractivity contribution >= 4 is 26.9 Å². The van der Waals surface area contributed by atoms with Crippen LogP contribution in [0.2, 0.25) is 0 Å². The first-order valence-corrected chi connectivity index (χ1v) is 7.60. The molecular weight excluding hydrogens is 344 g/mol. The number of hydrogen-bond acceptors (Lipinski definition) is 3. The maximum Gasteiger partial charge on any atom is 0.284 e. The fraction of sp³-hybridized carbons (Fsp3) is 0.0588. The van der Waals surface area contributed by atoms with Crippen molar-refractivity contribution in [3.05, 3.63) is 68.9 Å². The molecule has 0 aliphatic carbocycles. The predicted octanol–water partition coefficient (Wildman–Crippen LogP) is 4.15. The largest absolute Gasteiger partial charge is 0.436 e. The summed E-state index contributed by atoms with van der Waals surface area (Å²) in [6, 6.07) is 15.1. The third-order valence-electron chi connectivity index (χ3n) is 3.59. The molecule has 22 heavy (non-hydrogen) atoms. The van der Waals surface area contributed by atoms with Gasteiger partial charge in [-0.05, 0) is 49.4 Å². The quantitative estimate of drug-likeness (QED) is 0.515. The molecule has 0 amide bonds. The number of halogens is 1. The van der Waals surface area contributed by atoms with Crippen molar-refractivity contribution in [1.82, 2.24) is 9.78 Å². The van der Waals surface area contributed by atoms with Gasteiger partial charge < -0.3 is 4.42 Å². The minimum Gasteiger partial charge on any atom is -0.436 e. The highest BCUT2D eigenvalue weighted by Crippen LogP contribution is 2.26. The zero-order valence-corrected chi connectivity index (χ0v) is 13.3. The average Bonchev–Trinajstić information content (AvgIpc) is 2.82. The van der Waals surface area contributed by atoms with Gasteiger partial charge in [-0.1, -0.05) is 27.6 Å². The molecule has 2 aliphatic heterocycles. The lowest BCUT2D eigenvalue weighted by atomic mass is 10.1. The van der Waals surface area contributed by atoms with Crippen molar-refractivity contribution in [2.75, 3.05) is 0 Å². The molecule has 4 rings (SSSR count). The standard InChI is InChI=1S/C17H11BrN2O2/c1-10-2-7-15-11(8-10)9-14-16(22-15)19-20(17(14)21)13-5-3-12(18)4-6-13/h2-9H,1H3. The molecule has 2 aromatic carbocycles. The fourth-order valence-corrected chi connectivity index (χ4v) is 2.75. The van der Waals surface area contributed by atoms with Crippen molar-refractivity contribution < 1.29 is 4.42 Å². The summed E-state index contributed by atoms with van der Waals surface area (Å²) in [6.45, 7) is 2.01. The Labute approximate surface area is 134 Å². The van der Waals surface area contributed by atoms with Gasteiger partial charge in [0.15, 0.2) is 0 Å². The summed E-state index contributed by atoms with van der Waals surface area (Å²) >= 11 is 3.38. The smallest absolute Gasteiger partial charge is 0.284 e. The highest BCUT2D eigenvalue weighted by molar-refractivity contribution is 9.10. The molecule has 0 aromatic heterocycles. The Morgan fingerprint density at radius 2 is 1.86 bits per heavy atom. The Kier molecular flexibility index (Phi) is 2.90. The second-order valence-electron chi connectivity index (χ2n) is 5.20. The normalized spacial score (nSPS) is 11.4. The van der Waals surface area contributed by atoms with Gasteiger partial charge >= 0.3 is 0 Å². The third-order valence-corrected chi connectivity index (χ3v) is 4.12. The summed E-state index contributed by atoms with van der Waals surface area (Å²) in [4.78, 5) is 12.6. The molecule has 0 saturated heterocycles. The second kappa shape index (κ2) is 4.81. The number of rotatable bonds is 1. The van der Waals surface area contributed by atoms with Gasteiger partial charge in [-0.3, -0.25) is 4.79 Å². The molecule has 2 aromatic rings. The molecule has 0 spiro atoms. The summed E-state index contributed by atoms with van der Waals surface area (Å²) in [5.74, 6) is 0.351. The predicted molar refractivity (Wildman–Crippen MR) is 88.7 cm³/mol. The molecule has 4 nitrogen and oxygen atoms in total. The van der Waals surface area contributed by atoms with E-state index in [2.05, 4.69) is 21.0 Å². The van der Waals surface area contributed by atoms with Gasteiger partial charge in [0.25, 0.3) is 5.56 Å². The average molecular weight is 355 g/mol. The van der Waals surface area contributed by atoms with Crippen LogP contribution in [-0.2, 0) is 0 Å². The molecule has 2 aliphatic rings. The monoisotopic (exact) mass is 354 g/mol. The van der Waals surface area contributed by atoms with Crippen LogP contribution in [0, 0.1) is 6.92 Å². The highest BCUT2D eigenvalue weighted by Gasteiger charge is 2.19. The van der Waals surface area contributed by atoms with Crippen molar-refractivity contribution in [2.24, 2.45) is 0 Å². The maximum atomic E-state index is 12.6. The highest BCUT2D eigenvalue weighted by atomic mass is 79.9. The Bertz CT molecular complexity index is 1020. The molecule has 0 atom stereocenters. The van der Waals surface area contributed by atoms with E-state index in [1.807, 2.05) is 55.5 Å². The van der Waals surface area contributed by atoms with E-state index >= 15 is 0 Å². The van der Waals surface area contributed by atoms with E-state index in [1.54, 1.807) is 0 Å². The van der Waals surface area contributed by atoms with E-state index in [9.17, 15) is 4.79 Å². The summed E-state index contributed by atoms with van der Waals surface area (Å²) in [7, 11) is 0. The lowest BCUT2D eigenvalue weighted by molar-refractivity contribution is 0.591. The zero-order chi connectivity index (χ0) is 15.3. The van der Waals surface area contributed by atoms with Crippen molar-refractivity contribution in [1.29, 1.82) is 0 Å². The number of aryl methyl sites for hydroxylation is 1. The van der Waals surface area contributed by atoms with Crippen LogP contribution < -0.4 is 5.56 Å². The van der Waals surface area contributed by atoms with E-state index in [4.69, 9.17) is 4.42 Å². The first-order chi connectivity index (χ1) is 10.6. The van der Waals surface area contributed by atoms with E-state index < -0.39 is 0 Å². The van der Waals surface area contributed by atoms with Crippen LogP contribution in [0.1, 0.15) is 5.56 Å². The van der Waals surface area contributed by atoms with Gasteiger partial charge in [-0.2, -0.15) is 4.68 Å². The number of aromatic nitrogens is 2. The van der Waals surface area contributed by atoms with Crippen LogP contribution in [0.25, 0.3) is 28.1 Å². The molecule has 0 fully saturated rings. The van der Waals surface area contributed by atoms with Gasteiger partial charge in [0.1, 0.15) is 11.1 Å². The zero-order valence-electron chi connectivity index (χ0n) is 11.7.